The Hall–Kier alpha value is -4.11. The zero-order chi connectivity index (χ0) is 32.0. The molecule has 5 aromatic rings. The lowest BCUT2D eigenvalue weighted by atomic mass is 9.79. The number of nitrogens with zero attached hydrogens (tertiary/aromatic N) is 2. The molecule has 0 bridgehead atoms. The van der Waals surface area contributed by atoms with Gasteiger partial charge in [-0.1, -0.05) is 142 Å². The second kappa shape index (κ2) is 11.8. The number of imidazole rings is 1. The van der Waals surface area contributed by atoms with Gasteiger partial charge in [0, 0.05) is 17.3 Å². The number of aromatic nitrogens is 2. The van der Waals surface area contributed by atoms with Crippen LogP contribution in [0.4, 0.5) is 0 Å². The van der Waals surface area contributed by atoms with Crippen molar-refractivity contribution in [3.05, 3.63) is 113 Å². The van der Waals surface area contributed by atoms with Crippen LogP contribution in [0.15, 0.2) is 91.1 Å². The van der Waals surface area contributed by atoms with Gasteiger partial charge >= 0.3 is 0 Å². The van der Waals surface area contributed by atoms with Crippen LogP contribution in [-0.2, 0) is 10.8 Å². The molecule has 0 saturated carbocycles. The average molecular weight is 585 g/mol. The molecule has 4 aromatic carbocycles. The van der Waals surface area contributed by atoms with Crippen molar-refractivity contribution in [1.29, 1.82) is 0 Å². The van der Waals surface area contributed by atoms with E-state index < -0.39 is 0 Å². The van der Waals surface area contributed by atoms with E-state index in [9.17, 15) is 5.11 Å². The molecule has 0 fully saturated rings. The largest absolute Gasteiger partial charge is 0.507 e. The molecule has 0 amide bonds. The third kappa shape index (κ3) is 6.11. The number of hydrogen-bond acceptors (Lipinski definition) is 2. The predicted octanol–water partition coefficient (Wildman–Crippen LogP) is 11.4. The van der Waals surface area contributed by atoms with Crippen LogP contribution in [0.2, 0.25) is 0 Å². The lowest BCUT2D eigenvalue weighted by Crippen LogP contribution is -2.17. The Labute approximate surface area is 264 Å². The number of phenolic OH excluding ortho intramolecular Hbond substituents is 1. The van der Waals surface area contributed by atoms with Crippen LogP contribution < -0.4 is 0 Å². The van der Waals surface area contributed by atoms with Gasteiger partial charge in [-0.2, -0.15) is 0 Å². The van der Waals surface area contributed by atoms with Gasteiger partial charge < -0.3 is 5.11 Å². The smallest absolute Gasteiger partial charge is 0.149 e. The molecule has 3 heteroatoms. The monoisotopic (exact) mass is 584 g/mol. The van der Waals surface area contributed by atoms with E-state index in [1.807, 2.05) is 6.07 Å². The van der Waals surface area contributed by atoms with E-state index in [2.05, 4.69) is 159 Å². The highest BCUT2D eigenvalue weighted by Crippen LogP contribution is 2.44. The van der Waals surface area contributed by atoms with Crippen molar-refractivity contribution >= 4 is 0 Å². The fourth-order valence-electron chi connectivity index (χ4n) is 5.97. The minimum atomic E-state index is -0.247. The number of rotatable bonds is 6. The first-order chi connectivity index (χ1) is 20.7. The van der Waals surface area contributed by atoms with E-state index in [1.165, 1.54) is 22.3 Å². The van der Waals surface area contributed by atoms with Crippen LogP contribution in [0.5, 0.6) is 5.75 Å². The molecule has 0 saturated heterocycles. The van der Waals surface area contributed by atoms with Gasteiger partial charge in [-0.25, -0.2) is 4.98 Å². The molecule has 0 aliphatic rings. The molecular formula is C41H48N2O. The van der Waals surface area contributed by atoms with E-state index in [-0.39, 0.29) is 10.8 Å². The maximum absolute atomic E-state index is 12.0. The standard InChI is InChI=1S/C41H48N2O/c1-26(2)32-20-15-21-33(27(3)4)37(32)43-25-36(30-19-14-18-29(22-30)28-16-12-11-13-17-28)42-39(43)34-23-31(40(5,6)7)24-35(38(34)44)41(8,9)10/h11-27,44H,1-10H3. The summed E-state index contributed by atoms with van der Waals surface area (Å²) < 4.78 is 2.25. The summed E-state index contributed by atoms with van der Waals surface area (Å²) in [6.45, 7) is 22.2. The fourth-order valence-corrected chi connectivity index (χ4v) is 5.97. The Balaban J connectivity index is 1.87. The SMILES string of the molecule is CC(C)c1cccc(C(C)C)c1-n1cc(-c2cccc(-c3ccccc3)c2)nc1-c1cc(C(C)(C)C)cc(C(C)(C)C)c1O. The topological polar surface area (TPSA) is 38.0 Å². The van der Waals surface area contributed by atoms with E-state index in [4.69, 9.17) is 4.98 Å². The third-order valence-electron chi connectivity index (χ3n) is 8.58. The molecular weight excluding hydrogens is 536 g/mol. The van der Waals surface area contributed by atoms with Gasteiger partial charge in [0.2, 0.25) is 0 Å². The molecule has 0 atom stereocenters. The molecule has 1 heterocycles. The van der Waals surface area contributed by atoms with E-state index >= 15 is 0 Å². The Morgan fingerprint density at radius 3 is 1.77 bits per heavy atom. The molecule has 1 N–H and O–H groups in total. The Morgan fingerprint density at radius 2 is 1.20 bits per heavy atom. The van der Waals surface area contributed by atoms with E-state index in [1.54, 1.807) is 0 Å². The maximum atomic E-state index is 12.0. The quantitative estimate of drug-likeness (QED) is 0.216. The third-order valence-corrected chi connectivity index (χ3v) is 8.58. The fraction of sp³-hybridized carbons (Fsp3) is 0.341. The van der Waals surface area contributed by atoms with Crippen molar-refractivity contribution in [1.82, 2.24) is 9.55 Å². The Bertz CT molecular complexity index is 1750. The highest BCUT2D eigenvalue weighted by Gasteiger charge is 2.29. The second-order valence-electron chi connectivity index (χ2n) is 14.8. The second-order valence-corrected chi connectivity index (χ2v) is 14.8. The number of benzene rings is 4. The first kappa shape index (κ1) is 31.3. The summed E-state index contributed by atoms with van der Waals surface area (Å²) in [4.78, 5) is 5.37. The molecule has 3 nitrogen and oxygen atoms in total. The van der Waals surface area contributed by atoms with Crippen molar-refractivity contribution in [3.8, 4) is 45.2 Å². The van der Waals surface area contributed by atoms with Crippen molar-refractivity contribution in [2.45, 2.75) is 91.9 Å². The molecule has 0 aliphatic heterocycles. The van der Waals surface area contributed by atoms with E-state index in [0.717, 1.165) is 39.5 Å². The zero-order valence-corrected chi connectivity index (χ0v) is 28.2. The van der Waals surface area contributed by atoms with Crippen LogP contribution in [0.1, 0.15) is 103 Å². The number of hydrogen-bond donors (Lipinski definition) is 1. The van der Waals surface area contributed by atoms with Crippen molar-refractivity contribution < 1.29 is 5.11 Å². The Kier molecular flexibility index (Phi) is 8.37. The first-order valence-corrected chi connectivity index (χ1v) is 15.9. The van der Waals surface area contributed by atoms with Crippen LogP contribution in [0.25, 0.3) is 39.5 Å². The summed E-state index contributed by atoms with van der Waals surface area (Å²) in [5, 5.41) is 12.0. The molecule has 228 valence electrons. The van der Waals surface area contributed by atoms with Crippen LogP contribution in [0.3, 0.4) is 0 Å². The minimum Gasteiger partial charge on any atom is -0.507 e. The van der Waals surface area contributed by atoms with Gasteiger partial charge in [-0.05, 0) is 62.6 Å². The summed E-state index contributed by atoms with van der Waals surface area (Å²) in [5.41, 5.74) is 10.5. The zero-order valence-electron chi connectivity index (χ0n) is 28.2. The van der Waals surface area contributed by atoms with Gasteiger partial charge in [0.25, 0.3) is 0 Å². The van der Waals surface area contributed by atoms with Crippen LogP contribution >= 0.6 is 0 Å². The normalized spacial score (nSPS) is 12.4. The molecule has 0 spiro atoms. The minimum absolute atomic E-state index is 0.106. The first-order valence-electron chi connectivity index (χ1n) is 15.9. The molecule has 5 rings (SSSR count). The molecule has 0 radical (unpaired) electrons. The highest BCUT2D eigenvalue weighted by atomic mass is 16.3. The van der Waals surface area contributed by atoms with E-state index in [0.29, 0.717) is 17.6 Å². The van der Waals surface area contributed by atoms with Crippen molar-refractivity contribution in [2.24, 2.45) is 0 Å². The Morgan fingerprint density at radius 1 is 0.636 bits per heavy atom. The number of aromatic hydroxyl groups is 1. The summed E-state index contributed by atoms with van der Waals surface area (Å²) in [6, 6.07) is 30.0. The number of phenols is 1. The number of para-hydroxylation sites is 1. The molecule has 0 aliphatic carbocycles. The predicted molar refractivity (Wildman–Crippen MR) is 187 cm³/mol. The van der Waals surface area contributed by atoms with Crippen LogP contribution in [0, 0.1) is 0 Å². The maximum Gasteiger partial charge on any atom is 0.149 e. The highest BCUT2D eigenvalue weighted by molar-refractivity contribution is 5.77. The van der Waals surface area contributed by atoms with Gasteiger partial charge in [-0.3, -0.25) is 4.57 Å². The summed E-state index contributed by atoms with van der Waals surface area (Å²) in [5.74, 6) is 1.68. The van der Waals surface area contributed by atoms with Crippen molar-refractivity contribution in [2.75, 3.05) is 0 Å². The van der Waals surface area contributed by atoms with Gasteiger partial charge in [0.15, 0.2) is 0 Å². The molecule has 0 unspecified atom stereocenters. The lowest BCUT2D eigenvalue weighted by molar-refractivity contribution is 0.446. The summed E-state index contributed by atoms with van der Waals surface area (Å²) >= 11 is 0. The van der Waals surface area contributed by atoms with Gasteiger partial charge in [0.05, 0.1) is 16.9 Å². The lowest BCUT2D eigenvalue weighted by Gasteiger charge is -2.28. The van der Waals surface area contributed by atoms with Crippen molar-refractivity contribution in [3.63, 3.8) is 0 Å². The van der Waals surface area contributed by atoms with Crippen LogP contribution in [-0.4, -0.2) is 14.7 Å². The van der Waals surface area contributed by atoms with Gasteiger partial charge in [0.1, 0.15) is 11.6 Å². The molecule has 44 heavy (non-hydrogen) atoms. The summed E-state index contributed by atoms with van der Waals surface area (Å²) in [7, 11) is 0. The molecule has 1 aromatic heterocycles. The average Bonchev–Trinajstić information content (AvgIpc) is 3.41. The summed E-state index contributed by atoms with van der Waals surface area (Å²) in [6.07, 6.45) is 2.17. The van der Waals surface area contributed by atoms with Gasteiger partial charge in [-0.15, -0.1) is 0 Å².